The zero-order valence-corrected chi connectivity index (χ0v) is 15.9. The van der Waals surface area contributed by atoms with Gasteiger partial charge in [0.15, 0.2) is 0 Å². The number of aryl methyl sites for hydroxylation is 1. The van der Waals surface area contributed by atoms with E-state index in [4.69, 9.17) is 4.52 Å². The Morgan fingerprint density at radius 2 is 1.92 bits per heavy atom. The van der Waals surface area contributed by atoms with Crippen LogP contribution in [0.3, 0.4) is 0 Å². The van der Waals surface area contributed by atoms with Crippen LogP contribution in [0.1, 0.15) is 19.2 Å². The zero-order valence-electron chi connectivity index (χ0n) is 13.7. The Labute approximate surface area is 155 Å². The predicted molar refractivity (Wildman–Crippen MR) is 99.5 cm³/mol. The molecule has 3 rings (SSSR count). The van der Waals surface area contributed by atoms with E-state index in [0.29, 0.717) is 24.6 Å². The summed E-state index contributed by atoms with van der Waals surface area (Å²) in [6.45, 7) is 6.73. The average Bonchev–Trinajstić information content (AvgIpc) is 3.09. The molecule has 2 heterocycles. The lowest BCUT2D eigenvalue weighted by atomic mass is 10.2. The summed E-state index contributed by atoms with van der Waals surface area (Å²) in [5, 5.41) is 4.01. The second-order valence-corrected chi connectivity index (χ2v) is 7.08. The van der Waals surface area contributed by atoms with Crippen molar-refractivity contribution in [1.29, 1.82) is 0 Å². The summed E-state index contributed by atoms with van der Waals surface area (Å²) in [7, 11) is 0. The van der Waals surface area contributed by atoms with Crippen molar-refractivity contribution in [2.75, 3.05) is 32.7 Å². The number of hydrogen-bond acceptors (Lipinski definition) is 5. The molecule has 0 aliphatic carbocycles. The molecular weight excluding hydrogens is 419 g/mol. The third-order valence-electron chi connectivity index (χ3n) is 4.30. The van der Waals surface area contributed by atoms with Gasteiger partial charge in [-0.25, -0.2) is 0 Å². The van der Waals surface area contributed by atoms with E-state index in [-0.39, 0.29) is 5.91 Å². The minimum atomic E-state index is 0.166. The largest absolute Gasteiger partial charge is 0.340 e. The van der Waals surface area contributed by atoms with Crippen LogP contribution in [0.4, 0.5) is 0 Å². The fraction of sp³-hybridized carbons (Fsp3) is 0.471. The molecule has 1 aromatic carbocycles. The van der Waals surface area contributed by atoms with Crippen molar-refractivity contribution in [2.24, 2.45) is 0 Å². The summed E-state index contributed by atoms with van der Waals surface area (Å²) in [6, 6.07) is 7.94. The molecule has 0 spiro atoms. The number of rotatable bonds is 5. The number of nitrogens with zero attached hydrogens (tertiary/aromatic N) is 4. The topological polar surface area (TPSA) is 62.5 Å². The number of aromatic nitrogens is 2. The van der Waals surface area contributed by atoms with Crippen LogP contribution in [-0.4, -0.2) is 58.6 Å². The molecule has 0 saturated carbocycles. The maximum atomic E-state index is 12.3. The first-order valence-electron chi connectivity index (χ1n) is 8.24. The van der Waals surface area contributed by atoms with Gasteiger partial charge in [0.25, 0.3) is 0 Å². The number of benzene rings is 1. The molecule has 24 heavy (non-hydrogen) atoms. The lowest BCUT2D eigenvalue weighted by molar-refractivity contribution is -0.132. The number of amides is 1. The quantitative estimate of drug-likeness (QED) is 0.669. The monoisotopic (exact) mass is 440 g/mol. The third kappa shape index (κ3) is 4.32. The number of piperazine rings is 1. The molecular formula is C17H21IN4O2. The molecule has 1 amide bonds. The molecule has 128 valence electrons. The van der Waals surface area contributed by atoms with Gasteiger partial charge in [0.2, 0.25) is 17.6 Å². The number of carbonyl (C=O) groups excluding carboxylic acids is 1. The fourth-order valence-corrected chi connectivity index (χ4v) is 3.12. The van der Waals surface area contributed by atoms with Crippen LogP contribution in [0.5, 0.6) is 0 Å². The van der Waals surface area contributed by atoms with Crippen molar-refractivity contribution in [3.63, 3.8) is 0 Å². The summed E-state index contributed by atoms with van der Waals surface area (Å²) >= 11 is 2.26. The van der Waals surface area contributed by atoms with Crippen molar-refractivity contribution in [1.82, 2.24) is 19.9 Å². The van der Waals surface area contributed by atoms with Crippen molar-refractivity contribution in [3.05, 3.63) is 33.7 Å². The Kier molecular flexibility index (Phi) is 5.83. The van der Waals surface area contributed by atoms with Crippen LogP contribution in [0.15, 0.2) is 28.8 Å². The highest BCUT2D eigenvalue weighted by atomic mass is 127. The van der Waals surface area contributed by atoms with Gasteiger partial charge in [-0.15, -0.1) is 0 Å². The van der Waals surface area contributed by atoms with Crippen LogP contribution >= 0.6 is 22.6 Å². The normalized spacial score (nSPS) is 15.7. The van der Waals surface area contributed by atoms with Crippen molar-refractivity contribution >= 4 is 28.5 Å². The van der Waals surface area contributed by atoms with Gasteiger partial charge in [-0.3, -0.25) is 4.79 Å². The van der Waals surface area contributed by atoms with Crippen molar-refractivity contribution in [2.45, 2.75) is 19.8 Å². The number of hydrogen-bond donors (Lipinski definition) is 0. The van der Waals surface area contributed by atoms with Crippen LogP contribution in [0, 0.1) is 3.57 Å². The average molecular weight is 440 g/mol. The standard InChI is InChI=1S/C17H21IN4O2/c1-2-21-9-11-22(12-10-21)16(23)8-7-15-19-17(20-24-15)13-3-5-14(18)6-4-13/h3-6H,2,7-12H2,1H3. The predicted octanol–water partition coefficient (Wildman–Crippen LogP) is 2.44. The molecule has 1 saturated heterocycles. The Morgan fingerprint density at radius 3 is 2.58 bits per heavy atom. The van der Waals surface area contributed by atoms with E-state index in [1.807, 2.05) is 29.2 Å². The summed E-state index contributed by atoms with van der Waals surface area (Å²) < 4.78 is 6.44. The Morgan fingerprint density at radius 1 is 1.21 bits per heavy atom. The third-order valence-corrected chi connectivity index (χ3v) is 5.01. The van der Waals surface area contributed by atoms with Gasteiger partial charge >= 0.3 is 0 Å². The molecule has 6 nitrogen and oxygen atoms in total. The van der Waals surface area contributed by atoms with E-state index in [1.165, 1.54) is 0 Å². The first-order chi connectivity index (χ1) is 11.7. The lowest BCUT2D eigenvalue weighted by Crippen LogP contribution is -2.48. The lowest BCUT2D eigenvalue weighted by Gasteiger charge is -2.34. The summed E-state index contributed by atoms with van der Waals surface area (Å²) in [5.74, 6) is 1.26. The van der Waals surface area contributed by atoms with E-state index in [0.717, 1.165) is 41.9 Å². The van der Waals surface area contributed by atoms with Crippen LogP contribution < -0.4 is 0 Å². The minimum Gasteiger partial charge on any atom is -0.340 e. The highest BCUT2D eigenvalue weighted by Crippen LogP contribution is 2.18. The highest BCUT2D eigenvalue weighted by molar-refractivity contribution is 14.1. The highest BCUT2D eigenvalue weighted by Gasteiger charge is 2.20. The van der Waals surface area contributed by atoms with Crippen LogP contribution in [0.2, 0.25) is 0 Å². The van der Waals surface area contributed by atoms with Gasteiger partial charge < -0.3 is 14.3 Å². The van der Waals surface area contributed by atoms with Gasteiger partial charge in [0, 0.05) is 48.2 Å². The molecule has 0 bridgehead atoms. The molecule has 1 fully saturated rings. The van der Waals surface area contributed by atoms with Gasteiger partial charge in [-0.05, 0) is 41.3 Å². The van der Waals surface area contributed by atoms with Gasteiger partial charge in [0.1, 0.15) is 0 Å². The first-order valence-corrected chi connectivity index (χ1v) is 9.32. The molecule has 1 aliphatic heterocycles. The second-order valence-electron chi connectivity index (χ2n) is 5.83. The first kappa shape index (κ1) is 17.3. The molecule has 0 radical (unpaired) electrons. The van der Waals surface area contributed by atoms with Crippen molar-refractivity contribution < 1.29 is 9.32 Å². The smallest absolute Gasteiger partial charge is 0.227 e. The second kappa shape index (κ2) is 8.06. The Hall–Kier alpha value is -1.48. The van der Waals surface area contributed by atoms with Gasteiger partial charge in [-0.2, -0.15) is 4.98 Å². The summed E-state index contributed by atoms with van der Waals surface area (Å²) in [4.78, 5) is 21.0. The SMILES string of the molecule is CCN1CCN(C(=O)CCc2nc(-c3ccc(I)cc3)no2)CC1. The number of halogens is 1. The molecule has 7 heteroatoms. The van der Waals surface area contributed by atoms with E-state index in [2.05, 4.69) is 44.6 Å². The van der Waals surface area contributed by atoms with E-state index >= 15 is 0 Å². The zero-order chi connectivity index (χ0) is 16.9. The van der Waals surface area contributed by atoms with E-state index in [1.54, 1.807) is 0 Å². The van der Waals surface area contributed by atoms with Gasteiger partial charge in [-0.1, -0.05) is 24.2 Å². The van der Waals surface area contributed by atoms with Crippen LogP contribution in [0.25, 0.3) is 11.4 Å². The maximum absolute atomic E-state index is 12.3. The van der Waals surface area contributed by atoms with E-state index < -0.39 is 0 Å². The summed E-state index contributed by atoms with van der Waals surface area (Å²) in [6.07, 6.45) is 0.907. The molecule has 1 aliphatic rings. The Bertz CT molecular complexity index is 678. The molecule has 0 N–H and O–H groups in total. The molecule has 2 aromatic rings. The maximum Gasteiger partial charge on any atom is 0.227 e. The molecule has 1 aromatic heterocycles. The number of carbonyl (C=O) groups is 1. The molecule has 0 atom stereocenters. The fourth-order valence-electron chi connectivity index (χ4n) is 2.76. The van der Waals surface area contributed by atoms with Crippen molar-refractivity contribution in [3.8, 4) is 11.4 Å². The summed E-state index contributed by atoms with van der Waals surface area (Å²) in [5.41, 5.74) is 0.924. The minimum absolute atomic E-state index is 0.166. The number of likely N-dealkylation sites (N-methyl/N-ethyl adjacent to an activating group) is 1. The molecule has 0 unspecified atom stereocenters. The van der Waals surface area contributed by atoms with Crippen LogP contribution in [-0.2, 0) is 11.2 Å². The Balaban J connectivity index is 1.52. The van der Waals surface area contributed by atoms with E-state index in [9.17, 15) is 4.79 Å². The van der Waals surface area contributed by atoms with Gasteiger partial charge in [0.05, 0.1) is 0 Å².